The Labute approximate surface area is 83.1 Å². The highest BCUT2D eigenvalue weighted by molar-refractivity contribution is 6.65. The van der Waals surface area contributed by atoms with Crippen LogP contribution in [-0.2, 0) is 8.85 Å². The van der Waals surface area contributed by atoms with Crippen molar-refractivity contribution in [1.29, 1.82) is 0 Å². The minimum atomic E-state index is -1.82. The van der Waals surface area contributed by atoms with Crippen LogP contribution < -0.4 is 5.32 Å². The van der Waals surface area contributed by atoms with Crippen molar-refractivity contribution in [1.82, 2.24) is 5.32 Å². The predicted octanol–water partition coefficient (Wildman–Crippen LogP) is 1.74. The minimum absolute atomic E-state index is 0.829. The topological polar surface area (TPSA) is 30.5 Å². The van der Waals surface area contributed by atoms with Gasteiger partial charge in [0.2, 0.25) is 0 Å². The molecular formula is C9H23NO2Si. The Morgan fingerprint density at radius 1 is 1.38 bits per heavy atom. The third-order valence-electron chi connectivity index (χ3n) is 2.10. The summed E-state index contributed by atoms with van der Waals surface area (Å²) in [4.78, 5) is 0. The van der Waals surface area contributed by atoms with Crippen molar-refractivity contribution in [3.63, 3.8) is 0 Å². The molecule has 1 N–H and O–H groups in total. The number of rotatable bonds is 8. The Hall–Kier alpha value is 0.0969. The molecule has 0 rings (SSSR count). The third-order valence-corrected chi connectivity index (χ3v) is 5.04. The van der Waals surface area contributed by atoms with Crippen LogP contribution in [0.4, 0.5) is 0 Å². The van der Waals surface area contributed by atoms with Crippen LogP contribution in [0.2, 0.25) is 12.6 Å². The largest absolute Gasteiger partial charge is 0.398 e. The molecule has 0 radical (unpaired) electrons. The SMILES string of the molecule is CCCO[Si](C)(CCCNC)OC. The van der Waals surface area contributed by atoms with Crippen LogP contribution in [0.5, 0.6) is 0 Å². The molecule has 0 aromatic carbocycles. The van der Waals surface area contributed by atoms with Gasteiger partial charge in [0, 0.05) is 13.7 Å². The van der Waals surface area contributed by atoms with Crippen molar-refractivity contribution in [3.8, 4) is 0 Å². The maximum atomic E-state index is 5.76. The quantitative estimate of drug-likeness (QED) is 0.484. The molecule has 0 spiro atoms. The Bertz CT molecular complexity index is 124. The van der Waals surface area contributed by atoms with Gasteiger partial charge in [-0.1, -0.05) is 6.92 Å². The molecular weight excluding hydrogens is 182 g/mol. The van der Waals surface area contributed by atoms with Crippen LogP contribution >= 0.6 is 0 Å². The van der Waals surface area contributed by atoms with E-state index in [1.807, 2.05) is 7.05 Å². The Balaban J connectivity index is 3.67. The van der Waals surface area contributed by atoms with E-state index in [4.69, 9.17) is 8.85 Å². The summed E-state index contributed by atoms with van der Waals surface area (Å²) in [6, 6.07) is 1.07. The standard InChI is InChI=1S/C9H23NO2Si/c1-5-8-12-13(4,11-3)9-6-7-10-2/h10H,5-9H2,1-4H3. The van der Waals surface area contributed by atoms with Crippen LogP contribution in [0.15, 0.2) is 0 Å². The Kier molecular flexibility index (Phi) is 7.55. The fraction of sp³-hybridized carbons (Fsp3) is 1.00. The molecule has 0 aromatic heterocycles. The van der Waals surface area contributed by atoms with Crippen molar-refractivity contribution < 1.29 is 8.85 Å². The van der Waals surface area contributed by atoms with Gasteiger partial charge in [-0.05, 0) is 39.0 Å². The van der Waals surface area contributed by atoms with Crippen molar-refractivity contribution in [2.45, 2.75) is 32.4 Å². The van der Waals surface area contributed by atoms with Crippen LogP contribution in [0.1, 0.15) is 19.8 Å². The summed E-state index contributed by atoms with van der Waals surface area (Å²) in [5, 5.41) is 3.13. The van der Waals surface area contributed by atoms with Crippen molar-refractivity contribution in [2.75, 3.05) is 27.3 Å². The molecule has 0 aliphatic carbocycles. The van der Waals surface area contributed by atoms with E-state index in [9.17, 15) is 0 Å². The van der Waals surface area contributed by atoms with Crippen molar-refractivity contribution in [3.05, 3.63) is 0 Å². The summed E-state index contributed by atoms with van der Waals surface area (Å²) < 4.78 is 11.2. The lowest BCUT2D eigenvalue weighted by Crippen LogP contribution is -2.38. The zero-order chi connectivity index (χ0) is 10.2. The van der Waals surface area contributed by atoms with Gasteiger partial charge in [0.1, 0.15) is 0 Å². The molecule has 0 saturated heterocycles. The molecule has 0 amide bonds. The van der Waals surface area contributed by atoms with E-state index < -0.39 is 8.56 Å². The fourth-order valence-corrected chi connectivity index (χ4v) is 3.06. The first-order chi connectivity index (χ1) is 6.18. The van der Waals surface area contributed by atoms with E-state index in [1.54, 1.807) is 7.11 Å². The molecule has 0 aromatic rings. The van der Waals surface area contributed by atoms with Crippen LogP contribution in [0, 0.1) is 0 Å². The molecule has 0 heterocycles. The highest BCUT2D eigenvalue weighted by Gasteiger charge is 2.28. The number of hydrogen-bond donors (Lipinski definition) is 1. The zero-order valence-electron chi connectivity index (χ0n) is 9.35. The van der Waals surface area contributed by atoms with E-state index >= 15 is 0 Å². The van der Waals surface area contributed by atoms with Gasteiger partial charge in [0.15, 0.2) is 0 Å². The van der Waals surface area contributed by atoms with Crippen molar-refractivity contribution in [2.24, 2.45) is 0 Å². The van der Waals surface area contributed by atoms with Gasteiger partial charge in [0.05, 0.1) is 0 Å². The molecule has 80 valence electrons. The first kappa shape index (κ1) is 13.1. The normalized spacial score (nSPS) is 15.7. The molecule has 0 saturated carbocycles. The van der Waals surface area contributed by atoms with Gasteiger partial charge in [-0.3, -0.25) is 0 Å². The summed E-state index contributed by atoms with van der Waals surface area (Å²) in [6.07, 6.45) is 2.20. The minimum Gasteiger partial charge on any atom is -0.398 e. The summed E-state index contributed by atoms with van der Waals surface area (Å²) >= 11 is 0. The van der Waals surface area contributed by atoms with Crippen LogP contribution in [0.25, 0.3) is 0 Å². The van der Waals surface area contributed by atoms with Crippen LogP contribution in [0.3, 0.4) is 0 Å². The smallest absolute Gasteiger partial charge is 0.334 e. The molecule has 4 heteroatoms. The molecule has 0 aliphatic rings. The summed E-state index contributed by atoms with van der Waals surface area (Å²) in [5.41, 5.74) is 0. The van der Waals surface area contributed by atoms with Gasteiger partial charge in [-0.15, -0.1) is 0 Å². The van der Waals surface area contributed by atoms with Gasteiger partial charge in [0.25, 0.3) is 0 Å². The maximum absolute atomic E-state index is 5.76. The monoisotopic (exact) mass is 205 g/mol. The van der Waals surface area contributed by atoms with E-state index in [2.05, 4.69) is 18.8 Å². The lowest BCUT2D eigenvalue weighted by Gasteiger charge is -2.24. The van der Waals surface area contributed by atoms with E-state index in [-0.39, 0.29) is 0 Å². The fourth-order valence-electron chi connectivity index (χ4n) is 1.14. The van der Waals surface area contributed by atoms with Crippen molar-refractivity contribution >= 4 is 8.56 Å². The molecule has 3 nitrogen and oxygen atoms in total. The maximum Gasteiger partial charge on any atom is 0.334 e. The lowest BCUT2D eigenvalue weighted by atomic mass is 10.5. The average molecular weight is 205 g/mol. The molecule has 13 heavy (non-hydrogen) atoms. The summed E-state index contributed by atoms with van der Waals surface area (Å²) in [7, 11) is 1.91. The number of hydrogen-bond acceptors (Lipinski definition) is 3. The van der Waals surface area contributed by atoms with Gasteiger partial charge >= 0.3 is 8.56 Å². The first-order valence-corrected chi connectivity index (χ1v) is 7.54. The van der Waals surface area contributed by atoms with Gasteiger partial charge in [-0.2, -0.15) is 0 Å². The Morgan fingerprint density at radius 2 is 2.08 bits per heavy atom. The lowest BCUT2D eigenvalue weighted by molar-refractivity contribution is 0.204. The highest BCUT2D eigenvalue weighted by Crippen LogP contribution is 2.14. The van der Waals surface area contributed by atoms with Gasteiger partial charge < -0.3 is 14.2 Å². The molecule has 0 fully saturated rings. The molecule has 0 bridgehead atoms. The molecule has 1 unspecified atom stereocenters. The first-order valence-electron chi connectivity index (χ1n) is 5.02. The second-order valence-electron chi connectivity index (χ2n) is 3.39. The van der Waals surface area contributed by atoms with Crippen LogP contribution in [-0.4, -0.2) is 35.9 Å². The third kappa shape index (κ3) is 6.21. The number of nitrogens with one attached hydrogen (secondary N) is 1. The second kappa shape index (κ2) is 7.50. The molecule has 0 aliphatic heterocycles. The average Bonchev–Trinajstić information content (AvgIpc) is 2.15. The van der Waals surface area contributed by atoms with E-state index in [0.29, 0.717) is 0 Å². The second-order valence-corrected chi connectivity index (χ2v) is 6.86. The van der Waals surface area contributed by atoms with Gasteiger partial charge in [-0.25, -0.2) is 0 Å². The Morgan fingerprint density at radius 3 is 2.54 bits per heavy atom. The summed E-state index contributed by atoms with van der Waals surface area (Å²) in [6.45, 7) is 6.13. The zero-order valence-corrected chi connectivity index (χ0v) is 10.4. The highest BCUT2D eigenvalue weighted by atomic mass is 28.4. The predicted molar refractivity (Wildman–Crippen MR) is 58.2 cm³/mol. The van der Waals surface area contributed by atoms with E-state index in [1.165, 1.54) is 0 Å². The summed E-state index contributed by atoms with van der Waals surface area (Å²) in [5.74, 6) is 0. The molecule has 1 atom stereocenters. The van der Waals surface area contributed by atoms with E-state index in [0.717, 1.165) is 32.0 Å².